The van der Waals surface area contributed by atoms with E-state index in [0.717, 1.165) is 32.3 Å². The van der Waals surface area contributed by atoms with E-state index in [9.17, 15) is 4.79 Å². The van der Waals surface area contributed by atoms with Gasteiger partial charge in [0.1, 0.15) is 6.10 Å². The second-order valence-corrected chi connectivity index (χ2v) is 5.09. The summed E-state index contributed by atoms with van der Waals surface area (Å²) in [5.41, 5.74) is 0. The van der Waals surface area contributed by atoms with Crippen LogP contribution in [-0.4, -0.2) is 37.9 Å². The first-order valence-electron chi connectivity index (χ1n) is 7.07. The number of amides is 1. The number of hydrogen-bond acceptors (Lipinski definition) is 3. The van der Waals surface area contributed by atoms with Crippen molar-refractivity contribution in [3.63, 3.8) is 0 Å². The Bertz CT molecular complexity index is 253. The summed E-state index contributed by atoms with van der Waals surface area (Å²) in [6.07, 6.45) is 4.01. The van der Waals surface area contributed by atoms with Gasteiger partial charge in [0.15, 0.2) is 0 Å². The maximum absolute atomic E-state index is 11.8. The van der Waals surface area contributed by atoms with Crippen LogP contribution in [0.4, 0.5) is 0 Å². The molecule has 0 aliphatic carbocycles. The fourth-order valence-electron chi connectivity index (χ4n) is 2.53. The fourth-order valence-corrected chi connectivity index (χ4v) is 2.53. The summed E-state index contributed by atoms with van der Waals surface area (Å²) >= 11 is 0. The predicted octanol–water partition coefficient (Wildman–Crippen LogP) is 2.12. The van der Waals surface area contributed by atoms with E-state index >= 15 is 0 Å². The molecule has 0 aromatic heterocycles. The Morgan fingerprint density at radius 1 is 1.44 bits per heavy atom. The zero-order chi connectivity index (χ0) is 13.5. The van der Waals surface area contributed by atoms with Gasteiger partial charge in [-0.15, -0.1) is 0 Å². The molecule has 1 fully saturated rings. The molecular weight excluding hydrogens is 230 g/mol. The molecule has 0 aromatic rings. The molecule has 0 unspecified atom stereocenters. The summed E-state index contributed by atoms with van der Waals surface area (Å²) in [5.74, 6) is 0.581. The maximum Gasteiger partial charge on any atom is 0.249 e. The molecule has 0 aromatic carbocycles. The van der Waals surface area contributed by atoms with E-state index in [1.807, 2.05) is 0 Å². The summed E-state index contributed by atoms with van der Waals surface area (Å²) in [4.78, 5) is 11.8. The summed E-state index contributed by atoms with van der Waals surface area (Å²) < 4.78 is 10.9. The molecule has 1 aliphatic rings. The Hall–Kier alpha value is -0.610. The van der Waals surface area contributed by atoms with Crippen molar-refractivity contribution >= 4 is 5.91 Å². The Kier molecular flexibility index (Phi) is 6.65. The van der Waals surface area contributed by atoms with Crippen LogP contribution in [0.25, 0.3) is 0 Å². The highest BCUT2D eigenvalue weighted by molar-refractivity contribution is 5.80. The summed E-state index contributed by atoms with van der Waals surface area (Å²) in [7, 11) is 1.56. The molecule has 1 saturated heterocycles. The van der Waals surface area contributed by atoms with E-state index in [-0.39, 0.29) is 24.2 Å². The fraction of sp³-hybridized carbons (Fsp3) is 0.929. The van der Waals surface area contributed by atoms with E-state index in [4.69, 9.17) is 9.47 Å². The highest BCUT2D eigenvalue weighted by atomic mass is 16.5. The Morgan fingerprint density at radius 3 is 2.67 bits per heavy atom. The van der Waals surface area contributed by atoms with Crippen LogP contribution in [0.3, 0.4) is 0 Å². The van der Waals surface area contributed by atoms with Crippen molar-refractivity contribution < 1.29 is 14.3 Å². The Balaban J connectivity index is 2.46. The molecule has 1 rings (SSSR count). The molecule has 106 valence electrons. The van der Waals surface area contributed by atoms with Crippen LogP contribution >= 0.6 is 0 Å². The topological polar surface area (TPSA) is 47.6 Å². The van der Waals surface area contributed by atoms with Gasteiger partial charge in [0.25, 0.3) is 0 Å². The average molecular weight is 257 g/mol. The number of ether oxygens (including phenoxy) is 2. The van der Waals surface area contributed by atoms with Gasteiger partial charge >= 0.3 is 0 Å². The van der Waals surface area contributed by atoms with Gasteiger partial charge in [-0.3, -0.25) is 4.79 Å². The number of carbonyl (C=O) groups excluding carboxylic acids is 1. The van der Waals surface area contributed by atoms with Gasteiger partial charge in [-0.2, -0.15) is 0 Å². The van der Waals surface area contributed by atoms with Crippen molar-refractivity contribution in [1.29, 1.82) is 0 Å². The third-order valence-corrected chi connectivity index (χ3v) is 3.96. The van der Waals surface area contributed by atoms with E-state index in [1.54, 1.807) is 14.0 Å². The largest absolute Gasteiger partial charge is 0.378 e. The average Bonchev–Trinajstić information content (AvgIpc) is 2.39. The van der Waals surface area contributed by atoms with Crippen LogP contribution in [0.5, 0.6) is 0 Å². The van der Waals surface area contributed by atoms with Crippen LogP contribution in [-0.2, 0) is 14.3 Å². The number of nitrogens with one attached hydrogen (secondary N) is 1. The Labute approximate surface area is 110 Å². The molecule has 18 heavy (non-hydrogen) atoms. The quantitative estimate of drug-likeness (QED) is 0.793. The maximum atomic E-state index is 11.8. The Morgan fingerprint density at radius 2 is 2.11 bits per heavy atom. The van der Waals surface area contributed by atoms with Gasteiger partial charge in [0.05, 0.1) is 6.10 Å². The standard InChI is InChI=1S/C14H27NO3/c1-5-11(6-2)13-9-12(7-8-18-13)15-14(16)10(3)17-4/h10-13H,5-9H2,1-4H3,(H,15,16)/t10-,12-,13+/m1/s1. The zero-order valence-electron chi connectivity index (χ0n) is 12.1. The minimum atomic E-state index is -0.376. The van der Waals surface area contributed by atoms with Gasteiger partial charge in [0.2, 0.25) is 5.91 Å². The smallest absolute Gasteiger partial charge is 0.249 e. The van der Waals surface area contributed by atoms with Crippen LogP contribution in [0.1, 0.15) is 46.5 Å². The first-order chi connectivity index (χ1) is 8.62. The van der Waals surface area contributed by atoms with Gasteiger partial charge in [-0.05, 0) is 25.7 Å². The molecule has 1 heterocycles. The van der Waals surface area contributed by atoms with Gasteiger partial charge in [-0.1, -0.05) is 26.7 Å². The normalized spacial score (nSPS) is 26.1. The van der Waals surface area contributed by atoms with Crippen LogP contribution in [0.15, 0.2) is 0 Å². The summed E-state index contributed by atoms with van der Waals surface area (Å²) in [6, 6.07) is 0.231. The lowest BCUT2D eigenvalue weighted by Gasteiger charge is -2.34. The lowest BCUT2D eigenvalue weighted by atomic mass is 9.89. The number of hydrogen-bond donors (Lipinski definition) is 1. The van der Waals surface area contributed by atoms with E-state index < -0.39 is 0 Å². The van der Waals surface area contributed by atoms with E-state index in [0.29, 0.717) is 5.92 Å². The molecule has 0 spiro atoms. The van der Waals surface area contributed by atoms with Crippen molar-refractivity contribution in [3.05, 3.63) is 0 Å². The predicted molar refractivity (Wildman–Crippen MR) is 71.4 cm³/mol. The number of rotatable bonds is 6. The molecule has 1 amide bonds. The molecule has 1 N–H and O–H groups in total. The zero-order valence-corrected chi connectivity index (χ0v) is 12.1. The third-order valence-electron chi connectivity index (χ3n) is 3.96. The lowest BCUT2D eigenvalue weighted by molar-refractivity contribution is -0.132. The monoisotopic (exact) mass is 257 g/mol. The molecule has 3 atom stereocenters. The molecule has 0 radical (unpaired) electrons. The molecule has 4 heteroatoms. The van der Waals surface area contributed by atoms with Crippen LogP contribution in [0.2, 0.25) is 0 Å². The number of carbonyl (C=O) groups is 1. The second kappa shape index (κ2) is 7.74. The number of methoxy groups -OCH3 is 1. The molecular formula is C14H27NO3. The van der Waals surface area contributed by atoms with Crippen molar-refractivity contribution in [3.8, 4) is 0 Å². The second-order valence-electron chi connectivity index (χ2n) is 5.09. The first kappa shape index (κ1) is 15.4. The van der Waals surface area contributed by atoms with E-state index in [1.165, 1.54) is 0 Å². The van der Waals surface area contributed by atoms with Gasteiger partial charge in [-0.25, -0.2) is 0 Å². The van der Waals surface area contributed by atoms with Crippen LogP contribution in [0, 0.1) is 5.92 Å². The molecule has 0 bridgehead atoms. The lowest BCUT2D eigenvalue weighted by Crippen LogP contribution is -2.47. The van der Waals surface area contributed by atoms with Crippen molar-refractivity contribution in [2.75, 3.05) is 13.7 Å². The van der Waals surface area contributed by atoms with Crippen LogP contribution < -0.4 is 5.32 Å². The molecule has 1 aliphatic heterocycles. The summed E-state index contributed by atoms with van der Waals surface area (Å²) in [6.45, 7) is 6.92. The van der Waals surface area contributed by atoms with E-state index in [2.05, 4.69) is 19.2 Å². The highest BCUT2D eigenvalue weighted by Gasteiger charge is 2.29. The highest BCUT2D eigenvalue weighted by Crippen LogP contribution is 2.25. The molecule has 4 nitrogen and oxygen atoms in total. The first-order valence-corrected chi connectivity index (χ1v) is 7.07. The van der Waals surface area contributed by atoms with Crippen molar-refractivity contribution in [2.45, 2.75) is 64.7 Å². The van der Waals surface area contributed by atoms with Gasteiger partial charge in [0, 0.05) is 19.8 Å². The van der Waals surface area contributed by atoms with Crippen molar-refractivity contribution in [2.24, 2.45) is 5.92 Å². The minimum Gasteiger partial charge on any atom is -0.378 e. The van der Waals surface area contributed by atoms with Gasteiger partial charge < -0.3 is 14.8 Å². The SMILES string of the molecule is CCC(CC)[C@@H]1C[C@H](NC(=O)[C@@H](C)OC)CCO1. The van der Waals surface area contributed by atoms with Crippen molar-refractivity contribution in [1.82, 2.24) is 5.32 Å². The minimum absolute atomic E-state index is 0.0207. The molecule has 0 saturated carbocycles. The third kappa shape index (κ3) is 4.25. The summed E-state index contributed by atoms with van der Waals surface area (Å²) in [5, 5.41) is 3.06.